The summed E-state index contributed by atoms with van der Waals surface area (Å²) in [6.07, 6.45) is 5.26. The number of hydrogen-bond donors (Lipinski definition) is 1. The first-order chi connectivity index (χ1) is 9.75. The number of carbonyl (C=O) groups excluding carboxylic acids is 2. The molecule has 0 radical (unpaired) electrons. The van der Waals surface area contributed by atoms with Crippen LogP contribution in [0.2, 0.25) is 0 Å². The highest BCUT2D eigenvalue weighted by Crippen LogP contribution is 2.11. The lowest BCUT2D eigenvalue weighted by Crippen LogP contribution is -2.34. The third-order valence-corrected chi connectivity index (χ3v) is 4.39. The van der Waals surface area contributed by atoms with Crippen molar-refractivity contribution in [3.8, 4) is 0 Å². The molecule has 1 aliphatic heterocycles. The van der Waals surface area contributed by atoms with Gasteiger partial charge >= 0.3 is 0 Å². The molecule has 1 fully saturated rings. The Hall–Kier alpha value is -1.36. The van der Waals surface area contributed by atoms with E-state index in [0.29, 0.717) is 19.4 Å². The molecule has 2 heterocycles. The van der Waals surface area contributed by atoms with Crippen LogP contribution in [0.4, 0.5) is 0 Å². The fourth-order valence-electron chi connectivity index (χ4n) is 2.41. The third kappa shape index (κ3) is 4.96. The van der Waals surface area contributed by atoms with Crippen molar-refractivity contribution in [1.82, 2.24) is 10.2 Å². The maximum absolute atomic E-state index is 11.8. The van der Waals surface area contributed by atoms with Crippen molar-refractivity contribution < 1.29 is 9.59 Å². The number of amides is 2. The molecular weight excluding hydrogens is 272 g/mol. The van der Waals surface area contributed by atoms with Crippen LogP contribution in [0.3, 0.4) is 0 Å². The fourth-order valence-corrected chi connectivity index (χ4v) is 3.11. The van der Waals surface area contributed by atoms with E-state index >= 15 is 0 Å². The molecule has 0 bridgehead atoms. The standard InChI is InChI=1S/C15H22N2O2S/c18-14(12-13-6-4-11-20-13)16-8-5-10-17-9-3-1-2-7-15(17)19/h4,6,11H,1-3,5,7-10,12H2,(H,16,18). The maximum atomic E-state index is 11.8. The average molecular weight is 294 g/mol. The second-order valence-electron chi connectivity index (χ2n) is 5.15. The molecule has 0 aliphatic carbocycles. The van der Waals surface area contributed by atoms with Gasteiger partial charge in [0.1, 0.15) is 0 Å². The summed E-state index contributed by atoms with van der Waals surface area (Å²) < 4.78 is 0. The fraction of sp³-hybridized carbons (Fsp3) is 0.600. The smallest absolute Gasteiger partial charge is 0.225 e. The van der Waals surface area contributed by atoms with Gasteiger partial charge in [-0.3, -0.25) is 9.59 Å². The first kappa shape index (κ1) is 15.0. The zero-order valence-electron chi connectivity index (χ0n) is 11.8. The van der Waals surface area contributed by atoms with Crippen molar-refractivity contribution in [2.45, 2.75) is 38.5 Å². The van der Waals surface area contributed by atoms with Gasteiger partial charge in [0.05, 0.1) is 6.42 Å². The molecule has 20 heavy (non-hydrogen) atoms. The lowest BCUT2D eigenvalue weighted by molar-refractivity contribution is -0.130. The molecule has 4 nitrogen and oxygen atoms in total. The van der Waals surface area contributed by atoms with E-state index in [0.717, 1.165) is 43.6 Å². The van der Waals surface area contributed by atoms with Crippen molar-refractivity contribution in [1.29, 1.82) is 0 Å². The predicted molar refractivity (Wildman–Crippen MR) is 80.7 cm³/mol. The summed E-state index contributed by atoms with van der Waals surface area (Å²) >= 11 is 1.60. The Morgan fingerprint density at radius 3 is 3.05 bits per heavy atom. The minimum Gasteiger partial charge on any atom is -0.356 e. The van der Waals surface area contributed by atoms with Crippen LogP contribution in [-0.4, -0.2) is 36.3 Å². The van der Waals surface area contributed by atoms with Gasteiger partial charge in [0, 0.05) is 30.9 Å². The molecule has 0 saturated carbocycles. The summed E-state index contributed by atoms with van der Waals surface area (Å²) in [5.41, 5.74) is 0. The topological polar surface area (TPSA) is 49.4 Å². The first-order valence-corrected chi connectivity index (χ1v) is 8.20. The summed E-state index contributed by atoms with van der Waals surface area (Å²) in [7, 11) is 0. The van der Waals surface area contributed by atoms with E-state index in [1.54, 1.807) is 11.3 Å². The van der Waals surface area contributed by atoms with Crippen LogP contribution in [0, 0.1) is 0 Å². The normalized spacial score (nSPS) is 16.0. The lowest BCUT2D eigenvalue weighted by atomic mass is 10.2. The Balaban J connectivity index is 1.60. The van der Waals surface area contributed by atoms with E-state index in [2.05, 4.69) is 5.32 Å². The van der Waals surface area contributed by atoms with E-state index in [4.69, 9.17) is 0 Å². The largest absolute Gasteiger partial charge is 0.356 e. The van der Waals surface area contributed by atoms with E-state index in [-0.39, 0.29) is 11.8 Å². The molecule has 2 amide bonds. The molecule has 1 N–H and O–H groups in total. The monoisotopic (exact) mass is 294 g/mol. The zero-order valence-corrected chi connectivity index (χ0v) is 12.6. The van der Waals surface area contributed by atoms with E-state index in [1.165, 1.54) is 0 Å². The second-order valence-corrected chi connectivity index (χ2v) is 6.18. The number of likely N-dealkylation sites (tertiary alicyclic amines) is 1. The number of nitrogens with one attached hydrogen (secondary N) is 1. The molecule has 1 aromatic heterocycles. The summed E-state index contributed by atoms with van der Waals surface area (Å²) in [6, 6.07) is 3.93. The van der Waals surface area contributed by atoms with Gasteiger partial charge in [-0.15, -0.1) is 11.3 Å². The molecular formula is C15H22N2O2S. The van der Waals surface area contributed by atoms with E-state index in [1.807, 2.05) is 22.4 Å². The Labute approximate surface area is 124 Å². The molecule has 2 rings (SSSR count). The van der Waals surface area contributed by atoms with Gasteiger partial charge in [-0.1, -0.05) is 12.5 Å². The van der Waals surface area contributed by atoms with Gasteiger partial charge in [-0.2, -0.15) is 0 Å². The quantitative estimate of drug-likeness (QED) is 0.818. The average Bonchev–Trinajstić information content (AvgIpc) is 2.84. The van der Waals surface area contributed by atoms with Crippen LogP contribution in [0.5, 0.6) is 0 Å². The number of rotatable bonds is 6. The number of carbonyl (C=O) groups is 2. The lowest BCUT2D eigenvalue weighted by Gasteiger charge is -2.20. The van der Waals surface area contributed by atoms with Crippen molar-refractivity contribution in [3.05, 3.63) is 22.4 Å². The van der Waals surface area contributed by atoms with E-state index in [9.17, 15) is 9.59 Å². The van der Waals surface area contributed by atoms with Crippen molar-refractivity contribution >= 4 is 23.2 Å². The zero-order chi connectivity index (χ0) is 14.2. The predicted octanol–water partition coefficient (Wildman–Crippen LogP) is 2.20. The van der Waals surface area contributed by atoms with Crippen LogP contribution in [0.1, 0.15) is 37.0 Å². The summed E-state index contributed by atoms with van der Waals surface area (Å²) in [4.78, 5) is 26.5. The van der Waals surface area contributed by atoms with Crippen molar-refractivity contribution in [2.75, 3.05) is 19.6 Å². The van der Waals surface area contributed by atoms with Crippen LogP contribution < -0.4 is 5.32 Å². The highest BCUT2D eigenvalue weighted by Gasteiger charge is 2.15. The van der Waals surface area contributed by atoms with Gasteiger partial charge in [0.15, 0.2) is 0 Å². The van der Waals surface area contributed by atoms with Crippen LogP contribution in [-0.2, 0) is 16.0 Å². The molecule has 110 valence electrons. The van der Waals surface area contributed by atoms with Gasteiger partial charge < -0.3 is 10.2 Å². The summed E-state index contributed by atoms with van der Waals surface area (Å²) in [5, 5.41) is 4.90. The van der Waals surface area contributed by atoms with Gasteiger partial charge in [0.2, 0.25) is 11.8 Å². The third-order valence-electron chi connectivity index (χ3n) is 3.51. The Kier molecular flexibility index (Phi) is 6.05. The molecule has 1 aliphatic rings. The van der Waals surface area contributed by atoms with Crippen LogP contribution in [0.15, 0.2) is 17.5 Å². The van der Waals surface area contributed by atoms with E-state index < -0.39 is 0 Å². The van der Waals surface area contributed by atoms with Gasteiger partial charge in [0.25, 0.3) is 0 Å². The van der Waals surface area contributed by atoms with Gasteiger partial charge in [-0.25, -0.2) is 0 Å². The van der Waals surface area contributed by atoms with Crippen LogP contribution in [0.25, 0.3) is 0 Å². The molecule has 0 atom stereocenters. The Bertz CT molecular complexity index is 431. The van der Waals surface area contributed by atoms with Crippen LogP contribution >= 0.6 is 11.3 Å². The summed E-state index contributed by atoms with van der Waals surface area (Å²) in [5.74, 6) is 0.335. The molecule has 1 saturated heterocycles. The minimum absolute atomic E-state index is 0.0645. The first-order valence-electron chi connectivity index (χ1n) is 7.32. The van der Waals surface area contributed by atoms with Crippen molar-refractivity contribution in [2.24, 2.45) is 0 Å². The number of hydrogen-bond acceptors (Lipinski definition) is 3. The SMILES string of the molecule is O=C(Cc1cccs1)NCCCN1CCCCCC1=O. The number of nitrogens with zero attached hydrogens (tertiary/aromatic N) is 1. The summed E-state index contributed by atoms with van der Waals surface area (Å²) in [6.45, 7) is 2.29. The molecule has 5 heteroatoms. The minimum atomic E-state index is 0.0645. The Morgan fingerprint density at radius 1 is 1.35 bits per heavy atom. The molecule has 1 aromatic rings. The highest BCUT2D eigenvalue weighted by atomic mass is 32.1. The molecule has 0 unspecified atom stereocenters. The van der Waals surface area contributed by atoms with Gasteiger partial charge in [-0.05, 0) is 30.7 Å². The highest BCUT2D eigenvalue weighted by molar-refractivity contribution is 7.10. The second kappa shape index (κ2) is 8.04. The molecule has 0 aromatic carbocycles. The number of thiophene rings is 1. The Morgan fingerprint density at radius 2 is 2.25 bits per heavy atom. The molecule has 0 spiro atoms. The maximum Gasteiger partial charge on any atom is 0.225 e. The van der Waals surface area contributed by atoms with Crippen molar-refractivity contribution in [3.63, 3.8) is 0 Å².